The predicted octanol–water partition coefficient (Wildman–Crippen LogP) is 4.79. The minimum Gasteiger partial charge on any atom is -0.490 e. The molecule has 0 bridgehead atoms. The summed E-state index contributed by atoms with van der Waals surface area (Å²) in [5.74, 6) is 1.51. The first-order valence-corrected chi connectivity index (χ1v) is 6.32. The standard InChI is InChI=1S/C16H24O/c1-6-12-17-14-10-8-13(9-11-14)15(7-2)16(3,4)5/h6,8-11,15H,1,7,12H2,2-5H3. The molecule has 1 rings (SSSR count). The second kappa shape index (κ2) is 5.90. The van der Waals surface area contributed by atoms with Gasteiger partial charge in [-0.05, 0) is 35.4 Å². The van der Waals surface area contributed by atoms with Gasteiger partial charge in [0.2, 0.25) is 0 Å². The van der Waals surface area contributed by atoms with Crippen molar-refractivity contribution in [3.63, 3.8) is 0 Å². The highest BCUT2D eigenvalue weighted by Crippen LogP contribution is 2.37. The van der Waals surface area contributed by atoms with Crippen molar-refractivity contribution in [2.45, 2.75) is 40.0 Å². The van der Waals surface area contributed by atoms with E-state index in [9.17, 15) is 0 Å². The third-order valence-corrected chi connectivity index (χ3v) is 3.10. The van der Waals surface area contributed by atoms with E-state index in [-0.39, 0.29) is 0 Å². The summed E-state index contributed by atoms with van der Waals surface area (Å²) in [6.07, 6.45) is 2.92. The topological polar surface area (TPSA) is 9.23 Å². The molecule has 0 aliphatic rings. The zero-order chi connectivity index (χ0) is 12.9. The highest BCUT2D eigenvalue weighted by molar-refractivity contribution is 5.30. The fraction of sp³-hybridized carbons (Fsp3) is 0.500. The number of ether oxygens (including phenoxy) is 1. The van der Waals surface area contributed by atoms with Crippen molar-refractivity contribution in [2.75, 3.05) is 6.61 Å². The molecular formula is C16H24O. The molecule has 0 N–H and O–H groups in total. The average Bonchev–Trinajstić information content (AvgIpc) is 2.27. The first-order chi connectivity index (χ1) is 7.99. The number of benzene rings is 1. The Morgan fingerprint density at radius 1 is 1.24 bits per heavy atom. The lowest BCUT2D eigenvalue weighted by molar-refractivity contribution is 0.312. The van der Waals surface area contributed by atoms with Crippen LogP contribution in [0.4, 0.5) is 0 Å². The largest absolute Gasteiger partial charge is 0.490 e. The van der Waals surface area contributed by atoms with Crippen LogP contribution in [0.5, 0.6) is 5.75 Å². The van der Waals surface area contributed by atoms with Gasteiger partial charge in [-0.15, -0.1) is 0 Å². The van der Waals surface area contributed by atoms with Crippen LogP contribution in [-0.4, -0.2) is 6.61 Å². The van der Waals surface area contributed by atoms with Crippen LogP contribution in [0.15, 0.2) is 36.9 Å². The monoisotopic (exact) mass is 232 g/mol. The smallest absolute Gasteiger partial charge is 0.119 e. The first kappa shape index (κ1) is 13.8. The van der Waals surface area contributed by atoms with E-state index in [1.807, 2.05) is 12.1 Å². The lowest BCUT2D eigenvalue weighted by Gasteiger charge is -2.30. The summed E-state index contributed by atoms with van der Waals surface area (Å²) in [6.45, 7) is 13.3. The van der Waals surface area contributed by atoms with Crippen LogP contribution in [-0.2, 0) is 0 Å². The Morgan fingerprint density at radius 3 is 2.24 bits per heavy atom. The van der Waals surface area contributed by atoms with Gasteiger partial charge in [-0.1, -0.05) is 52.5 Å². The van der Waals surface area contributed by atoms with Gasteiger partial charge in [0, 0.05) is 0 Å². The van der Waals surface area contributed by atoms with Gasteiger partial charge < -0.3 is 4.74 Å². The van der Waals surface area contributed by atoms with E-state index in [0.29, 0.717) is 17.9 Å². The Bertz CT molecular complexity index is 343. The summed E-state index contributed by atoms with van der Waals surface area (Å²) in [4.78, 5) is 0. The quantitative estimate of drug-likeness (QED) is 0.663. The molecule has 0 amide bonds. The van der Waals surface area contributed by atoms with Gasteiger partial charge >= 0.3 is 0 Å². The lowest BCUT2D eigenvalue weighted by Crippen LogP contribution is -2.17. The van der Waals surface area contributed by atoms with Gasteiger partial charge in [-0.25, -0.2) is 0 Å². The normalized spacial score (nSPS) is 13.2. The van der Waals surface area contributed by atoms with E-state index >= 15 is 0 Å². The van der Waals surface area contributed by atoms with Crippen LogP contribution in [0.25, 0.3) is 0 Å². The third kappa shape index (κ3) is 3.92. The average molecular weight is 232 g/mol. The van der Waals surface area contributed by atoms with E-state index < -0.39 is 0 Å². The molecule has 1 aromatic rings. The molecule has 0 aliphatic carbocycles. The highest BCUT2D eigenvalue weighted by atomic mass is 16.5. The zero-order valence-corrected chi connectivity index (χ0v) is 11.5. The fourth-order valence-corrected chi connectivity index (χ4v) is 2.30. The predicted molar refractivity (Wildman–Crippen MR) is 74.6 cm³/mol. The van der Waals surface area contributed by atoms with E-state index in [4.69, 9.17) is 4.74 Å². The van der Waals surface area contributed by atoms with Gasteiger partial charge in [-0.3, -0.25) is 0 Å². The molecular weight excluding hydrogens is 208 g/mol. The van der Waals surface area contributed by atoms with E-state index in [1.165, 1.54) is 5.56 Å². The molecule has 94 valence electrons. The van der Waals surface area contributed by atoms with Crippen molar-refractivity contribution >= 4 is 0 Å². The Hall–Kier alpha value is -1.24. The zero-order valence-electron chi connectivity index (χ0n) is 11.5. The molecule has 1 unspecified atom stereocenters. The molecule has 0 heterocycles. The van der Waals surface area contributed by atoms with Crippen molar-refractivity contribution in [2.24, 2.45) is 5.41 Å². The van der Waals surface area contributed by atoms with Crippen molar-refractivity contribution < 1.29 is 4.74 Å². The number of hydrogen-bond acceptors (Lipinski definition) is 1. The maximum Gasteiger partial charge on any atom is 0.119 e. The van der Waals surface area contributed by atoms with Gasteiger partial charge in [0.15, 0.2) is 0 Å². The third-order valence-electron chi connectivity index (χ3n) is 3.10. The molecule has 0 radical (unpaired) electrons. The Morgan fingerprint density at radius 2 is 1.82 bits per heavy atom. The van der Waals surface area contributed by atoms with E-state index in [0.717, 1.165) is 12.2 Å². The summed E-state index contributed by atoms with van der Waals surface area (Å²) in [5.41, 5.74) is 1.70. The molecule has 0 aromatic heterocycles. The summed E-state index contributed by atoms with van der Waals surface area (Å²) in [7, 11) is 0. The Labute approximate surface area is 106 Å². The molecule has 0 saturated carbocycles. The summed E-state index contributed by atoms with van der Waals surface area (Å²) < 4.78 is 5.49. The van der Waals surface area contributed by atoms with Crippen molar-refractivity contribution in [3.05, 3.63) is 42.5 Å². The fourth-order valence-electron chi connectivity index (χ4n) is 2.30. The number of rotatable bonds is 5. The summed E-state index contributed by atoms with van der Waals surface area (Å²) >= 11 is 0. The summed E-state index contributed by atoms with van der Waals surface area (Å²) in [6, 6.07) is 8.45. The van der Waals surface area contributed by atoms with Crippen LogP contribution in [0, 0.1) is 5.41 Å². The maximum atomic E-state index is 5.49. The van der Waals surface area contributed by atoms with Crippen molar-refractivity contribution in [1.29, 1.82) is 0 Å². The minimum absolute atomic E-state index is 0.304. The van der Waals surface area contributed by atoms with Crippen LogP contribution < -0.4 is 4.74 Å². The Kier molecular flexibility index (Phi) is 4.80. The molecule has 1 heteroatoms. The van der Waals surface area contributed by atoms with Gasteiger partial charge in [0.1, 0.15) is 12.4 Å². The Balaban J connectivity index is 2.81. The molecule has 1 atom stereocenters. The van der Waals surface area contributed by atoms with Gasteiger partial charge in [-0.2, -0.15) is 0 Å². The van der Waals surface area contributed by atoms with Gasteiger partial charge in [0.05, 0.1) is 0 Å². The van der Waals surface area contributed by atoms with E-state index in [2.05, 4.69) is 46.4 Å². The SMILES string of the molecule is C=CCOc1ccc(C(CC)C(C)(C)C)cc1. The maximum absolute atomic E-state index is 5.49. The second-order valence-electron chi connectivity index (χ2n) is 5.50. The molecule has 17 heavy (non-hydrogen) atoms. The molecule has 0 saturated heterocycles. The number of hydrogen-bond donors (Lipinski definition) is 0. The van der Waals surface area contributed by atoms with Gasteiger partial charge in [0.25, 0.3) is 0 Å². The second-order valence-corrected chi connectivity index (χ2v) is 5.50. The highest BCUT2D eigenvalue weighted by Gasteiger charge is 2.24. The van der Waals surface area contributed by atoms with Crippen molar-refractivity contribution in [1.82, 2.24) is 0 Å². The summed E-state index contributed by atoms with van der Waals surface area (Å²) in [5, 5.41) is 0. The van der Waals surface area contributed by atoms with E-state index in [1.54, 1.807) is 6.08 Å². The molecule has 1 nitrogen and oxygen atoms in total. The molecule has 0 fully saturated rings. The molecule has 0 spiro atoms. The molecule has 1 aromatic carbocycles. The van der Waals surface area contributed by atoms with Crippen LogP contribution >= 0.6 is 0 Å². The lowest BCUT2D eigenvalue weighted by atomic mass is 9.75. The van der Waals surface area contributed by atoms with Crippen LogP contribution in [0.1, 0.15) is 45.6 Å². The van der Waals surface area contributed by atoms with Crippen LogP contribution in [0.3, 0.4) is 0 Å². The first-order valence-electron chi connectivity index (χ1n) is 6.32. The van der Waals surface area contributed by atoms with Crippen LogP contribution in [0.2, 0.25) is 0 Å². The van der Waals surface area contributed by atoms with Crippen molar-refractivity contribution in [3.8, 4) is 5.75 Å². The molecule has 0 aliphatic heterocycles. The minimum atomic E-state index is 0.304.